The highest BCUT2D eigenvalue weighted by atomic mass is 16.9. The maximum absolute atomic E-state index is 12.3. The monoisotopic (exact) mass is 421 g/mol. The first kappa shape index (κ1) is 21.7. The standard InChI is InChI=1S/C22H31NO7/c1-20(2)27-16-13-26-22(19(18(16)28-20)29-21(3,4)30-22)14-23(5)11-17(24)25-12-15-9-7-6-8-10-15/h6-10,16,18-19H,11-14H2,1-5H3/t16-,18-,19+,22+/m1/s1. The van der Waals surface area contributed by atoms with E-state index in [2.05, 4.69) is 0 Å². The zero-order chi connectivity index (χ0) is 21.6. The minimum atomic E-state index is -1.05. The van der Waals surface area contributed by atoms with Gasteiger partial charge in [0.15, 0.2) is 11.6 Å². The lowest BCUT2D eigenvalue weighted by atomic mass is 9.96. The first-order valence-corrected chi connectivity index (χ1v) is 10.3. The van der Waals surface area contributed by atoms with Gasteiger partial charge in [0.1, 0.15) is 24.9 Å². The molecule has 3 heterocycles. The molecule has 8 nitrogen and oxygen atoms in total. The maximum Gasteiger partial charge on any atom is 0.320 e. The third-order valence-corrected chi connectivity index (χ3v) is 5.41. The number of carbonyl (C=O) groups excluding carboxylic acids is 1. The summed E-state index contributed by atoms with van der Waals surface area (Å²) in [4.78, 5) is 14.2. The quantitative estimate of drug-likeness (QED) is 0.646. The molecule has 0 N–H and O–H groups in total. The third-order valence-electron chi connectivity index (χ3n) is 5.41. The summed E-state index contributed by atoms with van der Waals surface area (Å²) in [7, 11) is 1.83. The minimum absolute atomic E-state index is 0.103. The van der Waals surface area contributed by atoms with Crippen LogP contribution < -0.4 is 0 Å². The SMILES string of the molecule is CN(CC(=O)OCc1ccccc1)C[C@@]12OC[C@H]3OC(C)(C)O[C@H]3[C@@H]1OC(C)(C)O2. The average molecular weight is 421 g/mol. The van der Waals surface area contributed by atoms with E-state index in [4.69, 9.17) is 28.4 Å². The molecule has 4 rings (SSSR count). The van der Waals surface area contributed by atoms with Gasteiger partial charge in [0.05, 0.1) is 19.7 Å². The highest BCUT2D eigenvalue weighted by molar-refractivity contribution is 5.71. The van der Waals surface area contributed by atoms with Crippen LogP contribution in [0.5, 0.6) is 0 Å². The first-order chi connectivity index (χ1) is 14.1. The van der Waals surface area contributed by atoms with Crippen molar-refractivity contribution < 1.29 is 33.2 Å². The number of ether oxygens (including phenoxy) is 6. The minimum Gasteiger partial charge on any atom is -0.460 e. The zero-order valence-corrected chi connectivity index (χ0v) is 18.3. The van der Waals surface area contributed by atoms with Crippen LogP contribution in [-0.2, 0) is 39.8 Å². The van der Waals surface area contributed by atoms with Crippen molar-refractivity contribution in [2.45, 2.75) is 70.0 Å². The molecule has 1 aromatic carbocycles. The van der Waals surface area contributed by atoms with Crippen molar-refractivity contribution in [3.8, 4) is 0 Å². The molecule has 8 heteroatoms. The molecule has 0 aromatic heterocycles. The average Bonchev–Trinajstić information content (AvgIpc) is 3.11. The van der Waals surface area contributed by atoms with Gasteiger partial charge < -0.3 is 28.4 Å². The Kier molecular flexibility index (Phi) is 5.67. The number of esters is 1. The molecule has 3 fully saturated rings. The Labute approximate surface area is 177 Å². The molecule has 3 aliphatic rings. The molecule has 0 unspecified atom stereocenters. The molecule has 30 heavy (non-hydrogen) atoms. The van der Waals surface area contributed by atoms with Gasteiger partial charge in [-0.2, -0.15) is 0 Å². The van der Waals surface area contributed by atoms with E-state index in [1.807, 2.05) is 70.0 Å². The van der Waals surface area contributed by atoms with Crippen LogP contribution in [0.4, 0.5) is 0 Å². The van der Waals surface area contributed by atoms with Gasteiger partial charge in [-0.05, 0) is 40.3 Å². The Morgan fingerprint density at radius 1 is 1.10 bits per heavy atom. The highest BCUT2D eigenvalue weighted by Gasteiger charge is 2.65. The van der Waals surface area contributed by atoms with Crippen molar-refractivity contribution in [3.05, 3.63) is 35.9 Å². The van der Waals surface area contributed by atoms with E-state index in [0.29, 0.717) is 13.2 Å². The summed E-state index contributed by atoms with van der Waals surface area (Å²) < 4.78 is 36.0. The van der Waals surface area contributed by atoms with Crippen LogP contribution in [0.2, 0.25) is 0 Å². The predicted octanol–water partition coefficient (Wildman–Crippen LogP) is 2.06. The molecule has 0 saturated carbocycles. The molecule has 1 aromatic rings. The van der Waals surface area contributed by atoms with Gasteiger partial charge in [0, 0.05) is 0 Å². The number of nitrogens with zero attached hydrogens (tertiary/aromatic N) is 1. The van der Waals surface area contributed by atoms with E-state index >= 15 is 0 Å². The molecule has 0 amide bonds. The molecule has 3 saturated heterocycles. The van der Waals surface area contributed by atoms with E-state index in [1.54, 1.807) is 0 Å². The molecular formula is C22H31NO7. The van der Waals surface area contributed by atoms with Gasteiger partial charge in [-0.1, -0.05) is 30.3 Å². The smallest absolute Gasteiger partial charge is 0.320 e. The van der Waals surface area contributed by atoms with Crippen LogP contribution in [0, 0.1) is 0 Å². The van der Waals surface area contributed by atoms with Crippen LogP contribution in [0.15, 0.2) is 30.3 Å². The number of likely N-dealkylation sites (N-methyl/N-ethyl adjacent to an activating group) is 1. The van der Waals surface area contributed by atoms with Crippen LogP contribution >= 0.6 is 0 Å². The number of carbonyl (C=O) groups is 1. The number of rotatable bonds is 6. The van der Waals surface area contributed by atoms with Gasteiger partial charge in [-0.15, -0.1) is 0 Å². The lowest BCUT2D eigenvalue weighted by Crippen LogP contribution is -2.62. The normalized spacial score (nSPS) is 33.9. The Hall–Kier alpha value is -1.55. The summed E-state index contributed by atoms with van der Waals surface area (Å²) in [5.74, 6) is -2.92. The number of hydrogen-bond donors (Lipinski definition) is 0. The second kappa shape index (κ2) is 7.85. The molecule has 3 aliphatic heterocycles. The highest BCUT2D eigenvalue weighted by Crippen LogP contribution is 2.47. The summed E-state index contributed by atoms with van der Waals surface area (Å²) >= 11 is 0. The molecule has 0 bridgehead atoms. The first-order valence-electron chi connectivity index (χ1n) is 10.3. The van der Waals surface area contributed by atoms with Crippen molar-refractivity contribution in [2.75, 3.05) is 26.7 Å². The number of hydrogen-bond acceptors (Lipinski definition) is 8. The van der Waals surface area contributed by atoms with Crippen LogP contribution in [-0.4, -0.2) is 73.3 Å². The Balaban J connectivity index is 1.39. The molecule has 0 aliphatic carbocycles. The van der Waals surface area contributed by atoms with Crippen LogP contribution in [0.25, 0.3) is 0 Å². The van der Waals surface area contributed by atoms with E-state index in [0.717, 1.165) is 5.56 Å². The third kappa shape index (κ3) is 4.54. The molecule has 4 atom stereocenters. The summed E-state index contributed by atoms with van der Waals surface area (Å²) in [5, 5.41) is 0. The Morgan fingerprint density at radius 2 is 1.83 bits per heavy atom. The van der Waals surface area contributed by atoms with Crippen LogP contribution in [0.1, 0.15) is 33.3 Å². The lowest BCUT2D eigenvalue weighted by molar-refractivity contribution is -0.285. The van der Waals surface area contributed by atoms with Crippen molar-refractivity contribution in [1.82, 2.24) is 4.90 Å². The van der Waals surface area contributed by atoms with Gasteiger partial charge in [0.25, 0.3) is 0 Å². The topological polar surface area (TPSA) is 75.7 Å². The fourth-order valence-electron chi connectivity index (χ4n) is 4.40. The number of benzene rings is 1. The molecular weight excluding hydrogens is 390 g/mol. The fraction of sp³-hybridized carbons (Fsp3) is 0.682. The van der Waals surface area contributed by atoms with Gasteiger partial charge in [0.2, 0.25) is 5.79 Å². The largest absolute Gasteiger partial charge is 0.460 e. The Bertz CT molecular complexity index is 768. The Morgan fingerprint density at radius 3 is 2.57 bits per heavy atom. The number of fused-ring (bicyclic) bond motifs is 3. The molecule has 166 valence electrons. The van der Waals surface area contributed by atoms with E-state index in [-0.39, 0.29) is 31.3 Å². The second-order valence-corrected chi connectivity index (χ2v) is 9.12. The van der Waals surface area contributed by atoms with Gasteiger partial charge in [-0.25, -0.2) is 0 Å². The van der Waals surface area contributed by atoms with Crippen LogP contribution in [0.3, 0.4) is 0 Å². The van der Waals surface area contributed by atoms with Gasteiger partial charge in [-0.3, -0.25) is 9.69 Å². The summed E-state index contributed by atoms with van der Waals surface area (Å²) in [6.07, 6.45) is -1.01. The van der Waals surface area contributed by atoms with Crippen molar-refractivity contribution in [3.63, 3.8) is 0 Å². The summed E-state index contributed by atoms with van der Waals surface area (Å²) in [6.45, 7) is 8.46. The van der Waals surface area contributed by atoms with Crippen molar-refractivity contribution in [2.24, 2.45) is 0 Å². The van der Waals surface area contributed by atoms with Gasteiger partial charge >= 0.3 is 5.97 Å². The van der Waals surface area contributed by atoms with E-state index in [9.17, 15) is 4.79 Å². The second-order valence-electron chi connectivity index (χ2n) is 9.12. The fourth-order valence-corrected chi connectivity index (χ4v) is 4.40. The maximum atomic E-state index is 12.3. The van der Waals surface area contributed by atoms with Crippen molar-refractivity contribution >= 4 is 5.97 Å². The van der Waals surface area contributed by atoms with E-state index < -0.39 is 23.5 Å². The lowest BCUT2D eigenvalue weighted by Gasteiger charge is -2.42. The summed E-state index contributed by atoms with van der Waals surface area (Å²) in [6, 6.07) is 9.59. The molecule has 0 radical (unpaired) electrons. The molecule has 0 spiro atoms. The zero-order valence-electron chi connectivity index (χ0n) is 18.3. The predicted molar refractivity (Wildman–Crippen MR) is 106 cm³/mol. The summed E-state index contributed by atoms with van der Waals surface area (Å²) in [5.41, 5.74) is 0.948. The van der Waals surface area contributed by atoms with E-state index in [1.165, 1.54) is 0 Å². The van der Waals surface area contributed by atoms with Crippen molar-refractivity contribution in [1.29, 1.82) is 0 Å².